The molecule has 0 atom stereocenters. The summed E-state index contributed by atoms with van der Waals surface area (Å²) in [5.41, 5.74) is 1.23. The molecule has 1 amide bonds. The average molecular weight is 433 g/mol. The average Bonchev–Trinajstić information content (AvgIpc) is 2.63. The molecule has 0 saturated heterocycles. The predicted octanol–water partition coefficient (Wildman–Crippen LogP) is 0.642. The molecule has 27 heavy (non-hydrogen) atoms. The van der Waals surface area contributed by atoms with Crippen LogP contribution in [0.3, 0.4) is 0 Å². The number of phenolic OH excluding ortho intramolecular Hbond substituents is 1. The first kappa shape index (κ1) is 18.3. The van der Waals surface area contributed by atoms with Crippen molar-refractivity contribution in [3.63, 3.8) is 0 Å². The minimum absolute atomic E-state index is 0.0184. The number of hydrogen-bond acceptors (Lipinski definition) is 7. The molecule has 3 aromatic rings. The summed E-state index contributed by atoms with van der Waals surface area (Å²) in [5.74, 6) is -0.739. The number of nitrogens with one attached hydrogen (secondary N) is 4. The molecule has 2 aromatic carbocycles. The largest absolute Gasteiger partial charge is 0.507 e. The Bertz CT molecular complexity index is 1150. The summed E-state index contributed by atoms with van der Waals surface area (Å²) in [6.45, 7) is -0.298. The van der Waals surface area contributed by atoms with Crippen LogP contribution < -0.4 is 22.0 Å². The highest BCUT2D eigenvalue weighted by Crippen LogP contribution is 2.27. The number of H-pyrrole nitrogens is 2. The summed E-state index contributed by atoms with van der Waals surface area (Å²) in [4.78, 5) is 36.1. The lowest BCUT2D eigenvalue weighted by atomic mass is 10.0. The second-order valence-corrected chi connectivity index (χ2v) is 6.28. The van der Waals surface area contributed by atoms with Crippen LogP contribution in [0, 0.1) is 0 Å². The number of anilines is 1. The highest BCUT2D eigenvalue weighted by atomic mass is 79.9. The lowest BCUT2D eigenvalue weighted by molar-refractivity contribution is -0.119. The van der Waals surface area contributed by atoms with Gasteiger partial charge in [0.2, 0.25) is 5.82 Å². The fraction of sp³-hybridized carbons (Fsp3) is 0.0625. The van der Waals surface area contributed by atoms with E-state index in [0.717, 1.165) is 15.2 Å². The van der Waals surface area contributed by atoms with Gasteiger partial charge in [0.15, 0.2) is 0 Å². The molecule has 1 heterocycles. The number of carbonyl (C=O) groups excluding carboxylic acids is 1. The molecule has 0 aliphatic rings. The zero-order chi connectivity index (χ0) is 19.4. The monoisotopic (exact) mass is 432 g/mol. The molecule has 138 valence electrons. The van der Waals surface area contributed by atoms with Crippen LogP contribution in [0.25, 0.3) is 10.8 Å². The van der Waals surface area contributed by atoms with Crippen molar-refractivity contribution >= 4 is 44.6 Å². The molecule has 0 bridgehead atoms. The summed E-state index contributed by atoms with van der Waals surface area (Å²) in [6, 6.07) is 8.84. The maximum atomic E-state index is 11.8. The van der Waals surface area contributed by atoms with Gasteiger partial charge >= 0.3 is 5.69 Å². The first-order chi connectivity index (χ1) is 12.9. The van der Waals surface area contributed by atoms with Gasteiger partial charge in [0.05, 0.1) is 12.8 Å². The van der Waals surface area contributed by atoms with E-state index in [2.05, 4.69) is 36.9 Å². The molecule has 0 saturated carbocycles. The molecule has 3 rings (SSSR count). The summed E-state index contributed by atoms with van der Waals surface area (Å²) < 4.78 is 0.897. The number of aromatic hydroxyl groups is 1. The zero-order valence-electron chi connectivity index (χ0n) is 13.6. The van der Waals surface area contributed by atoms with E-state index < -0.39 is 17.2 Å². The number of halogens is 1. The third-order valence-corrected chi connectivity index (χ3v) is 4.00. The Morgan fingerprint density at radius 3 is 2.89 bits per heavy atom. The SMILES string of the molecule is O=C(CNc1n[nH]c(=O)[nH]c1=O)N/N=C/c1c(O)ccc2cc(Br)ccc12. The second-order valence-electron chi connectivity index (χ2n) is 5.37. The maximum absolute atomic E-state index is 11.8. The van der Waals surface area contributed by atoms with E-state index in [4.69, 9.17) is 0 Å². The Hall–Kier alpha value is -3.47. The van der Waals surface area contributed by atoms with Gasteiger partial charge in [-0.25, -0.2) is 15.3 Å². The van der Waals surface area contributed by atoms with E-state index in [0.29, 0.717) is 5.56 Å². The lowest BCUT2D eigenvalue weighted by Crippen LogP contribution is -2.31. The Balaban J connectivity index is 1.67. The third kappa shape index (κ3) is 4.39. The van der Waals surface area contributed by atoms with E-state index in [-0.39, 0.29) is 18.1 Å². The molecule has 10 nitrogen and oxygen atoms in total. The highest BCUT2D eigenvalue weighted by molar-refractivity contribution is 9.10. The van der Waals surface area contributed by atoms with Crippen molar-refractivity contribution < 1.29 is 9.90 Å². The molecule has 0 fully saturated rings. The summed E-state index contributed by atoms with van der Waals surface area (Å²) in [5, 5.41) is 23.5. The van der Waals surface area contributed by atoms with Crippen LogP contribution in [0.1, 0.15) is 5.56 Å². The normalized spacial score (nSPS) is 11.0. The van der Waals surface area contributed by atoms with Gasteiger partial charge in [-0.3, -0.25) is 14.6 Å². The third-order valence-electron chi connectivity index (χ3n) is 3.51. The van der Waals surface area contributed by atoms with Crippen LogP contribution in [0.2, 0.25) is 0 Å². The quantitative estimate of drug-likeness (QED) is 0.294. The Morgan fingerprint density at radius 2 is 2.11 bits per heavy atom. The summed E-state index contributed by atoms with van der Waals surface area (Å²) >= 11 is 3.38. The lowest BCUT2D eigenvalue weighted by Gasteiger charge is -2.06. The fourth-order valence-electron chi connectivity index (χ4n) is 2.29. The van der Waals surface area contributed by atoms with E-state index in [1.54, 1.807) is 6.07 Å². The van der Waals surface area contributed by atoms with Gasteiger partial charge in [-0.05, 0) is 29.0 Å². The zero-order valence-corrected chi connectivity index (χ0v) is 15.2. The summed E-state index contributed by atoms with van der Waals surface area (Å²) in [7, 11) is 0. The Kier molecular flexibility index (Phi) is 5.31. The number of aromatic amines is 2. The van der Waals surface area contributed by atoms with E-state index in [1.165, 1.54) is 12.3 Å². The fourth-order valence-corrected chi connectivity index (χ4v) is 2.67. The van der Waals surface area contributed by atoms with Crippen molar-refractivity contribution in [3.05, 3.63) is 61.2 Å². The van der Waals surface area contributed by atoms with Gasteiger partial charge in [0, 0.05) is 10.0 Å². The standard InChI is InChI=1S/C16H13BrN6O4/c17-9-2-3-10-8(5-9)1-4-12(24)11(10)6-19-21-13(25)7-18-14-15(26)20-16(27)23-22-14/h1-6,24H,7H2,(H,18,22)(H,21,25)(H2,20,23,26,27)/b19-6+. The number of amides is 1. The maximum Gasteiger partial charge on any atom is 0.342 e. The van der Waals surface area contributed by atoms with Gasteiger partial charge in [-0.15, -0.1) is 5.10 Å². The van der Waals surface area contributed by atoms with Crippen LogP contribution in [0.15, 0.2) is 49.5 Å². The molecule has 11 heteroatoms. The van der Waals surface area contributed by atoms with E-state index in [9.17, 15) is 19.5 Å². The number of nitrogens with zero attached hydrogens (tertiary/aromatic N) is 2. The second kappa shape index (κ2) is 7.83. The molecular formula is C16H13BrN6O4. The number of fused-ring (bicyclic) bond motifs is 1. The van der Waals surface area contributed by atoms with Crippen molar-refractivity contribution in [1.82, 2.24) is 20.6 Å². The summed E-state index contributed by atoms with van der Waals surface area (Å²) in [6.07, 6.45) is 1.33. The minimum atomic E-state index is -0.749. The first-order valence-corrected chi connectivity index (χ1v) is 8.39. The van der Waals surface area contributed by atoms with Crippen LogP contribution in [0.5, 0.6) is 5.75 Å². The Morgan fingerprint density at radius 1 is 1.30 bits per heavy atom. The molecule has 0 radical (unpaired) electrons. The number of benzene rings is 2. The molecule has 0 aliphatic carbocycles. The molecular weight excluding hydrogens is 420 g/mol. The van der Waals surface area contributed by atoms with Gasteiger partial charge in [0.25, 0.3) is 11.5 Å². The van der Waals surface area contributed by atoms with Crippen molar-refractivity contribution in [2.75, 3.05) is 11.9 Å². The number of carbonyl (C=O) groups is 1. The van der Waals surface area contributed by atoms with Crippen molar-refractivity contribution in [2.45, 2.75) is 0 Å². The molecule has 1 aromatic heterocycles. The van der Waals surface area contributed by atoms with Gasteiger partial charge < -0.3 is 10.4 Å². The number of hydrazone groups is 1. The van der Waals surface area contributed by atoms with Gasteiger partial charge in [-0.2, -0.15) is 5.10 Å². The smallest absolute Gasteiger partial charge is 0.342 e. The Labute approximate surface area is 159 Å². The molecule has 0 spiro atoms. The highest BCUT2D eigenvalue weighted by Gasteiger charge is 2.07. The van der Waals surface area contributed by atoms with E-state index in [1.807, 2.05) is 28.3 Å². The topological polar surface area (TPSA) is 152 Å². The van der Waals surface area contributed by atoms with Gasteiger partial charge in [0.1, 0.15) is 5.75 Å². The van der Waals surface area contributed by atoms with Crippen LogP contribution in [0.4, 0.5) is 5.82 Å². The van der Waals surface area contributed by atoms with Crippen molar-refractivity contribution in [2.24, 2.45) is 5.10 Å². The van der Waals surface area contributed by atoms with Crippen LogP contribution >= 0.6 is 15.9 Å². The number of rotatable bonds is 5. The van der Waals surface area contributed by atoms with E-state index >= 15 is 0 Å². The van der Waals surface area contributed by atoms with Crippen molar-refractivity contribution in [1.29, 1.82) is 0 Å². The minimum Gasteiger partial charge on any atom is -0.507 e. The van der Waals surface area contributed by atoms with Crippen LogP contribution in [-0.4, -0.2) is 39.0 Å². The molecule has 0 unspecified atom stereocenters. The van der Waals surface area contributed by atoms with Crippen molar-refractivity contribution in [3.8, 4) is 5.75 Å². The number of phenols is 1. The predicted molar refractivity (Wildman–Crippen MR) is 103 cm³/mol. The number of hydrogen-bond donors (Lipinski definition) is 5. The molecule has 0 aliphatic heterocycles. The van der Waals surface area contributed by atoms with Crippen LogP contribution in [-0.2, 0) is 4.79 Å². The number of aromatic nitrogens is 3. The first-order valence-electron chi connectivity index (χ1n) is 7.60. The van der Waals surface area contributed by atoms with Gasteiger partial charge in [-0.1, -0.05) is 28.1 Å². The molecule has 5 N–H and O–H groups in total.